The highest BCUT2D eigenvalue weighted by molar-refractivity contribution is 5.89. The summed E-state index contributed by atoms with van der Waals surface area (Å²) < 4.78 is 192. The Morgan fingerprint density at radius 1 is 0.536 bits per heavy atom. The van der Waals surface area contributed by atoms with Crippen molar-refractivity contribution in [1.82, 2.24) is 0 Å². The minimum atomic E-state index is -5.09. The molecule has 0 fully saturated rings. The van der Waals surface area contributed by atoms with Crippen LogP contribution in [0.2, 0.25) is 0 Å². The van der Waals surface area contributed by atoms with Crippen LogP contribution in [0.4, 0.5) is 57.1 Å². The van der Waals surface area contributed by atoms with Crippen molar-refractivity contribution in [3.05, 3.63) is 159 Å². The molecule has 0 heterocycles. The molecule has 0 saturated heterocycles. The van der Waals surface area contributed by atoms with E-state index in [-0.39, 0.29) is 11.1 Å². The largest absolute Gasteiger partial charge is 0.458 e. The van der Waals surface area contributed by atoms with Gasteiger partial charge in [-0.3, -0.25) is 0 Å². The van der Waals surface area contributed by atoms with E-state index in [1.54, 1.807) is 19.9 Å². The Morgan fingerprint density at radius 3 is 1.77 bits per heavy atom. The molecule has 0 spiro atoms. The first-order valence-electron chi connectivity index (χ1n) is 15.9. The van der Waals surface area contributed by atoms with Gasteiger partial charge in [0.1, 0.15) is 57.9 Å². The average Bonchev–Trinajstić information content (AvgIpc) is 3.06. The summed E-state index contributed by atoms with van der Waals surface area (Å²) in [6, 6.07) is 10.5. The smallest absolute Gasteiger partial charge is 0.429 e. The molecule has 284 valence electrons. The maximum absolute atomic E-state index is 15.5. The van der Waals surface area contributed by atoms with Gasteiger partial charge < -0.3 is 4.74 Å². The van der Waals surface area contributed by atoms with Gasteiger partial charge in [0.2, 0.25) is 0 Å². The zero-order valence-electron chi connectivity index (χ0n) is 28.3. The van der Waals surface area contributed by atoms with E-state index >= 15 is 30.7 Å². The summed E-state index contributed by atoms with van der Waals surface area (Å²) >= 11 is 0. The van der Waals surface area contributed by atoms with Crippen LogP contribution in [-0.4, -0.2) is 6.18 Å². The molecule has 0 unspecified atom stereocenters. The minimum Gasteiger partial charge on any atom is -0.429 e. The summed E-state index contributed by atoms with van der Waals surface area (Å²) in [5.74, 6) is -5.27. The molecule has 6 rings (SSSR count). The number of halogens is 13. The van der Waals surface area contributed by atoms with E-state index in [0.29, 0.717) is 53.4 Å². The summed E-state index contributed by atoms with van der Waals surface area (Å²) in [5.41, 5.74) is -4.51. The number of aryl methyl sites for hydroxylation is 2. The predicted octanol–water partition coefficient (Wildman–Crippen LogP) is 12.3. The van der Waals surface area contributed by atoms with Gasteiger partial charge in [0.15, 0.2) is 0 Å². The molecule has 6 aromatic rings. The van der Waals surface area contributed by atoms with Gasteiger partial charge in [0, 0.05) is 22.4 Å². The first-order valence-corrected chi connectivity index (χ1v) is 15.9. The first kappa shape index (κ1) is 39.3. The third-order valence-electron chi connectivity index (χ3n) is 8.28. The molecule has 0 aliphatic rings. The molecule has 0 radical (unpaired) electrons. The number of alkyl halides is 5. The van der Waals surface area contributed by atoms with Crippen molar-refractivity contribution in [2.75, 3.05) is 0 Å². The summed E-state index contributed by atoms with van der Waals surface area (Å²) in [6.07, 6.45) is -9.85. The lowest BCUT2D eigenvalue weighted by molar-refractivity contribution is -0.189. The van der Waals surface area contributed by atoms with Crippen LogP contribution in [0.5, 0.6) is 5.75 Å². The topological polar surface area (TPSA) is 9.23 Å². The molecule has 0 saturated carbocycles. The van der Waals surface area contributed by atoms with Crippen LogP contribution in [0.1, 0.15) is 33.4 Å². The van der Waals surface area contributed by atoms with Crippen LogP contribution >= 0.6 is 0 Å². The zero-order chi connectivity index (χ0) is 40.9. The lowest BCUT2D eigenvalue weighted by Gasteiger charge is -2.20. The highest BCUT2D eigenvalue weighted by Crippen LogP contribution is 2.40. The van der Waals surface area contributed by atoms with E-state index in [9.17, 15) is 26.3 Å². The van der Waals surface area contributed by atoms with E-state index in [1.165, 1.54) is 18.1 Å². The standard InChI is InChI=1S/C42H19F13O/c1-20-11-21(2)27(31(43)12-20)6-3-22-4-7-28(32(44)13-22)24-16-36(48)39(37(49)17-24)42(54,55)56-26-5-8-29-23(14-26)15-35(47)38(40(29)50)25-18-33(45)30(34(46)19-25)9-10-41(51,52)53/h4-5,7-8,11-19H,1-2H3. The van der Waals surface area contributed by atoms with Gasteiger partial charge in [-0.1, -0.05) is 29.9 Å². The maximum Gasteiger partial charge on any atom is 0.458 e. The Hall–Kier alpha value is -6.41. The molecule has 1 nitrogen and oxygen atoms in total. The number of rotatable bonds is 5. The Balaban J connectivity index is 1.26. The molecule has 14 heteroatoms. The molecular weight excluding hydrogens is 767 g/mol. The monoisotopic (exact) mass is 786 g/mol. The Kier molecular flexibility index (Phi) is 10.3. The highest BCUT2D eigenvalue weighted by atomic mass is 19.4. The van der Waals surface area contributed by atoms with E-state index in [0.717, 1.165) is 24.3 Å². The van der Waals surface area contributed by atoms with Gasteiger partial charge >= 0.3 is 12.3 Å². The van der Waals surface area contributed by atoms with Gasteiger partial charge in [-0.25, -0.2) is 35.1 Å². The van der Waals surface area contributed by atoms with Crippen LogP contribution in [0.15, 0.2) is 78.9 Å². The van der Waals surface area contributed by atoms with Crippen molar-refractivity contribution >= 4 is 10.8 Å². The Bertz CT molecular complexity index is 2640. The van der Waals surface area contributed by atoms with Crippen LogP contribution in [0.25, 0.3) is 33.0 Å². The average molecular weight is 787 g/mol. The molecule has 56 heavy (non-hydrogen) atoms. The number of ether oxygens (including phenoxy) is 1. The molecule has 0 bridgehead atoms. The fourth-order valence-electron chi connectivity index (χ4n) is 5.85. The number of hydrogen-bond acceptors (Lipinski definition) is 1. The Morgan fingerprint density at radius 2 is 1.16 bits per heavy atom. The van der Waals surface area contributed by atoms with Crippen molar-refractivity contribution in [3.63, 3.8) is 0 Å². The molecule has 0 N–H and O–H groups in total. The van der Waals surface area contributed by atoms with Crippen molar-refractivity contribution in [1.29, 1.82) is 0 Å². The number of benzene rings is 6. The summed E-state index contributed by atoms with van der Waals surface area (Å²) in [6.45, 7) is 3.33. The van der Waals surface area contributed by atoms with Gasteiger partial charge in [0.25, 0.3) is 0 Å². The number of hydrogen-bond donors (Lipinski definition) is 0. The third kappa shape index (κ3) is 8.01. The molecular formula is C42H19F13O. The third-order valence-corrected chi connectivity index (χ3v) is 8.28. The minimum absolute atomic E-state index is 0.0737. The Labute approximate surface area is 309 Å². The summed E-state index contributed by atoms with van der Waals surface area (Å²) in [7, 11) is 0. The second kappa shape index (κ2) is 14.7. The van der Waals surface area contributed by atoms with Crippen molar-refractivity contribution in [2.45, 2.75) is 26.1 Å². The predicted molar refractivity (Wildman–Crippen MR) is 180 cm³/mol. The molecule has 0 amide bonds. The van der Waals surface area contributed by atoms with Gasteiger partial charge in [-0.05, 0) is 108 Å². The number of fused-ring (bicyclic) bond motifs is 1. The summed E-state index contributed by atoms with van der Waals surface area (Å²) in [5, 5.41) is -0.957. The molecule has 0 aliphatic heterocycles. The fraction of sp³-hybridized carbons (Fsp3) is 0.0952. The van der Waals surface area contributed by atoms with E-state index in [4.69, 9.17) is 0 Å². The quantitative estimate of drug-likeness (QED) is 0.125. The van der Waals surface area contributed by atoms with Crippen LogP contribution in [-0.2, 0) is 6.11 Å². The summed E-state index contributed by atoms with van der Waals surface area (Å²) in [4.78, 5) is 0. The molecule has 0 aliphatic carbocycles. The van der Waals surface area contributed by atoms with Crippen molar-refractivity contribution in [2.24, 2.45) is 0 Å². The van der Waals surface area contributed by atoms with E-state index in [2.05, 4.69) is 16.6 Å². The van der Waals surface area contributed by atoms with Crippen LogP contribution < -0.4 is 4.74 Å². The normalized spacial score (nSPS) is 11.6. The van der Waals surface area contributed by atoms with E-state index < -0.39 is 109 Å². The van der Waals surface area contributed by atoms with E-state index in [1.807, 2.05) is 0 Å². The van der Waals surface area contributed by atoms with Gasteiger partial charge in [-0.2, -0.15) is 22.0 Å². The maximum atomic E-state index is 15.5. The lowest BCUT2D eigenvalue weighted by Crippen LogP contribution is -2.25. The highest BCUT2D eigenvalue weighted by Gasteiger charge is 2.41. The SMILES string of the molecule is Cc1cc(C)c(C#Cc2ccc(-c3cc(F)c(C(F)(F)Oc4ccc5c(F)c(-c6cc(F)c(C#CC(F)(F)F)c(F)c6)c(F)cc5c4)c(F)c3)c(F)c2)c(F)c1. The molecule has 0 aromatic heterocycles. The first-order chi connectivity index (χ1) is 26.2. The lowest BCUT2D eigenvalue weighted by atomic mass is 9.98. The molecule has 0 atom stereocenters. The van der Waals surface area contributed by atoms with Crippen molar-refractivity contribution in [3.8, 4) is 51.7 Å². The van der Waals surface area contributed by atoms with Crippen molar-refractivity contribution < 1.29 is 61.8 Å². The second-order valence-electron chi connectivity index (χ2n) is 12.3. The fourth-order valence-corrected chi connectivity index (χ4v) is 5.85. The van der Waals surface area contributed by atoms with Crippen LogP contribution in [0, 0.1) is 84.1 Å². The van der Waals surface area contributed by atoms with Gasteiger partial charge in [0.05, 0.1) is 16.7 Å². The van der Waals surface area contributed by atoms with Gasteiger partial charge in [-0.15, -0.1) is 0 Å². The second-order valence-corrected chi connectivity index (χ2v) is 12.3. The molecule has 6 aromatic carbocycles. The van der Waals surface area contributed by atoms with Crippen LogP contribution in [0.3, 0.4) is 0 Å². The zero-order valence-corrected chi connectivity index (χ0v) is 28.3.